The first kappa shape index (κ1) is 38.6. The summed E-state index contributed by atoms with van der Waals surface area (Å²) in [6.45, 7) is 22.5. The first-order valence-electron chi connectivity index (χ1n) is 18.8. The van der Waals surface area contributed by atoms with E-state index >= 15 is 0 Å². The Hall–Kier alpha value is -3.61. The Balaban J connectivity index is -0.000000756. The van der Waals surface area contributed by atoms with Crippen LogP contribution in [0.5, 0.6) is 0 Å². The van der Waals surface area contributed by atoms with Gasteiger partial charge in [0.2, 0.25) is 0 Å². The molecule has 6 heteroatoms. The number of benzene rings is 2. The predicted octanol–water partition coefficient (Wildman–Crippen LogP) is 12.0. The Morgan fingerprint density at radius 1 is 0.588 bits per heavy atom. The van der Waals surface area contributed by atoms with E-state index in [1.54, 1.807) is 0 Å². The summed E-state index contributed by atoms with van der Waals surface area (Å²) in [7, 11) is -0.941. The van der Waals surface area contributed by atoms with E-state index in [1.165, 1.54) is 60.8 Å². The quantitative estimate of drug-likeness (QED) is 0.125. The Morgan fingerprint density at radius 2 is 1.00 bits per heavy atom. The van der Waals surface area contributed by atoms with Crippen LogP contribution in [0.25, 0.3) is 11.1 Å². The van der Waals surface area contributed by atoms with Crippen molar-refractivity contribution in [1.82, 2.24) is 0 Å². The second-order valence-electron chi connectivity index (χ2n) is 16.2. The van der Waals surface area contributed by atoms with E-state index in [0.29, 0.717) is 0 Å². The van der Waals surface area contributed by atoms with Crippen molar-refractivity contribution in [3.8, 4) is 11.1 Å². The van der Waals surface area contributed by atoms with Gasteiger partial charge in [-0.15, -0.1) is 0 Å². The normalized spacial score (nSPS) is 19.2. The summed E-state index contributed by atoms with van der Waals surface area (Å²) < 4.78 is 26.2. The number of unbranched alkanes of at least 4 members (excludes halogenated alkanes) is 7. The van der Waals surface area contributed by atoms with Crippen molar-refractivity contribution in [1.29, 1.82) is 0 Å². The zero-order valence-corrected chi connectivity index (χ0v) is 32.4. The highest BCUT2D eigenvalue weighted by Gasteiger charge is 2.54. The van der Waals surface area contributed by atoms with Crippen LogP contribution in [0.3, 0.4) is 0 Å². The molecule has 0 unspecified atom stereocenters. The van der Waals surface area contributed by atoms with E-state index in [2.05, 4.69) is 157 Å². The lowest BCUT2D eigenvalue weighted by Gasteiger charge is -2.32. The highest BCUT2D eigenvalue weighted by molar-refractivity contribution is 6.62. The van der Waals surface area contributed by atoms with Crippen LogP contribution >= 0.6 is 0 Å². The van der Waals surface area contributed by atoms with Crippen LogP contribution in [0.1, 0.15) is 145 Å². The van der Waals surface area contributed by atoms with E-state index in [-0.39, 0.29) is 14.3 Å². The maximum absolute atomic E-state index is 6.55. The van der Waals surface area contributed by atoms with Gasteiger partial charge >= 0.3 is 14.2 Å². The van der Waals surface area contributed by atoms with Gasteiger partial charge in [0, 0.05) is 19.7 Å². The van der Waals surface area contributed by atoms with Gasteiger partial charge in [-0.3, -0.25) is 0 Å². The highest BCUT2D eigenvalue weighted by Crippen LogP contribution is 2.52. The van der Waals surface area contributed by atoms with E-state index in [0.717, 1.165) is 30.2 Å². The van der Waals surface area contributed by atoms with Crippen molar-refractivity contribution < 1.29 is 32.9 Å². The lowest BCUT2D eigenvalue weighted by molar-refractivity contribution is 0.00578. The number of fused-ring (bicyclic) bond motifs is 3. The summed E-state index contributed by atoms with van der Waals surface area (Å²) >= 11 is 0. The molecule has 2 fully saturated rings. The van der Waals surface area contributed by atoms with Gasteiger partial charge in [-0.25, -0.2) is 0 Å². The third-order valence-electron chi connectivity index (χ3n) is 11.6. The highest BCUT2D eigenvalue weighted by atomic mass is 16.7. The third kappa shape index (κ3) is 8.08. The molecule has 0 N–H and O–H groups in total. The second kappa shape index (κ2) is 15.6. The average Bonchev–Trinajstić information content (AvgIpc) is 3.57. The minimum absolute atomic E-state index is 0. The van der Waals surface area contributed by atoms with Crippen LogP contribution in [-0.4, -0.2) is 36.6 Å². The van der Waals surface area contributed by atoms with Crippen molar-refractivity contribution in [2.24, 2.45) is 0 Å². The van der Waals surface area contributed by atoms with Gasteiger partial charge in [-0.1, -0.05) is 106 Å². The molecule has 0 bridgehead atoms. The molecule has 3 aliphatic rings. The van der Waals surface area contributed by atoms with Crippen molar-refractivity contribution in [3.63, 3.8) is 0 Å². The fraction of sp³-hybridized carbons (Fsp3) is 0.511. The number of hydrogen-bond donors (Lipinski definition) is 0. The molecule has 2 aliphatic heterocycles. The summed E-state index contributed by atoms with van der Waals surface area (Å²) in [4.78, 5) is 0. The molecule has 0 aromatic heterocycles. The van der Waals surface area contributed by atoms with Crippen molar-refractivity contribution in [3.05, 3.63) is 106 Å². The SMILES string of the molecule is C=C=C=C=C=C=C=C=C=CC1(CCCCCCCCCC)c2cc(B3OC(C)(C)C(C)(C)O3)ccc2-c2ccc(B3OC(C)(C)C(C)(C)O3)cc21.[HH].[HH].[HH].[HH].[HH].[HH].[HH].[HH].[HH].[HH]. The predicted molar refractivity (Wildman–Crippen MR) is 231 cm³/mol. The maximum atomic E-state index is 6.55. The van der Waals surface area contributed by atoms with Crippen molar-refractivity contribution in [2.75, 3.05) is 0 Å². The monoisotopic (exact) mass is 701 g/mol. The van der Waals surface area contributed by atoms with Gasteiger partial charge < -0.3 is 18.6 Å². The van der Waals surface area contributed by atoms with Gasteiger partial charge in [0.15, 0.2) is 0 Å². The molecular weight excluding hydrogens is 626 g/mol. The van der Waals surface area contributed by atoms with Gasteiger partial charge in [0.25, 0.3) is 0 Å². The molecule has 2 heterocycles. The third-order valence-corrected chi connectivity index (χ3v) is 11.6. The molecule has 2 saturated heterocycles. The second-order valence-corrected chi connectivity index (χ2v) is 16.2. The molecule has 0 spiro atoms. The molecule has 1 aliphatic carbocycles. The summed E-state index contributed by atoms with van der Waals surface area (Å²) in [5.74, 6) is 0. The largest absolute Gasteiger partial charge is 0.494 e. The number of allylic oxidation sites excluding steroid dienone is 1. The standard InChI is InChI=1S/C45H54B2O4.10H2/c1-11-13-15-17-19-21-23-25-31-45(32-26-24-22-20-18-16-14-12-2)39-33-35(46-48-41(3,4)42(5,6)49-46)27-29-37(39)38-30-28-36(34-40(38)45)47-50-43(7,8)44(9,10)51-47;;;;;;;;;;/h27-31,33-34H,1,12,14,16,18,20,22,24,26,32H2,2-10H3;10*1H. The van der Waals surface area contributed by atoms with E-state index in [9.17, 15) is 0 Å². The fourth-order valence-electron chi connectivity index (χ4n) is 7.13. The Kier molecular flexibility index (Phi) is 11.8. The Bertz CT molecular complexity index is 1860. The first-order valence-corrected chi connectivity index (χ1v) is 18.8. The van der Waals surface area contributed by atoms with Gasteiger partial charge in [0.1, 0.15) is 0 Å². The van der Waals surface area contributed by atoms with Crippen LogP contribution in [0.4, 0.5) is 0 Å². The van der Waals surface area contributed by atoms with Crippen molar-refractivity contribution in [2.45, 2.75) is 148 Å². The first-order chi connectivity index (χ1) is 24.2. The summed E-state index contributed by atoms with van der Waals surface area (Å²) in [6, 6.07) is 13.4. The van der Waals surface area contributed by atoms with E-state index in [4.69, 9.17) is 18.6 Å². The zero-order chi connectivity index (χ0) is 36.9. The van der Waals surface area contributed by atoms with E-state index in [1.807, 2.05) is 0 Å². The van der Waals surface area contributed by atoms with Crippen LogP contribution in [0.2, 0.25) is 0 Å². The van der Waals surface area contributed by atoms with Crippen LogP contribution in [0.15, 0.2) is 94.9 Å². The number of rotatable bonds is 12. The summed E-state index contributed by atoms with van der Waals surface area (Å²) in [6.07, 6.45) is 13.0. The van der Waals surface area contributed by atoms with Crippen LogP contribution < -0.4 is 10.9 Å². The topological polar surface area (TPSA) is 36.9 Å². The molecule has 2 aromatic rings. The van der Waals surface area contributed by atoms with Crippen LogP contribution in [-0.2, 0) is 24.0 Å². The minimum Gasteiger partial charge on any atom is -0.399 e. The molecular formula is C45H74B2O4. The van der Waals surface area contributed by atoms with Crippen LogP contribution in [0, 0.1) is 0 Å². The lowest BCUT2D eigenvalue weighted by Crippen LogP contribution is -2.41. The molecule has 284 valence electrons. The molecule has 51 heavy (non-hydrogen) atoms. The molecule has 2 aromatic carbocycles. The average molecular weight is 701 g/mol. The zero-order valence-electron chi connectivity index (χ0n) is 32.4. The van der Waals surface area contributed by atoms with E-state index < -0.39 is 42.1 Å². The molecule has 0 amide bonds. The molecule has 0 atom stereocenters. The molecule has 0 saturated carbocycles. The summed E-state index contributed by atoms with van der Waals surface area (Å²) in [5, 5.41) is 0. The lowest BCUT2D eigenvalue weighted by atomic mass is 9.69. The molecule has 5 rings (SSSR count). The maximum Gasteiger partial charge on any atom is 0.494 e. The summed E-state index contributed by atoms with van der Waals surface area (Å²) in [5.41, 5.74) is 27.2. The Labute approximate surface area is 322 Å². The van der Waals surface area contributed by atoms with Gasteiger partial charge in [0.05, 0.1) is 22.4 Å². The molecule has 4 nitrogen and oxygen atoms in total. The minimum atomic E-state index is -0.494. The van der Waals surface area contributed by atoms with Crippen molar-refractivity contribution >= 4 is 25.2 Å². The fourth-order valence-corrected chi connectivity index (χ4v) is 7.13. The van der Waals surface area contributed by atoms with Gasteiger partial charge in [-0.2, -0.15) is 0 Å². The Morgan fingerprint density at radius 3 is 1.45 bits per heavy atom. The molecule has 0 radical (unpaired) electrons. The smallest absolute Gasteiger partial charge is 0.399 e. The number of hydrogen-bond acceptors (Lipinski definition) is 4. The van der Waals surface area contributed by atoms with Gasteiger partial charge in [-0.05, 0) is 142 Å².